The van der Waals surface area contributed by atoms with E-state index in [0.29, 0.717) is 6.61 Å². The summed E-state index contributed by atoms with van der Waals surface area (Å²) in [6.07, 6.45) is 0. The molecular formula is C9H22O5P2. The Balaban J connectivity index is 4.93. The molecule has 0 N–H and O–H groups in total. The van der Waals surface area contributed by atoms with Crippen LogP contribution in [0.5, 0.6) is 0 Å². The first-order valence-electron chi connectivity index (χ1n) is 5.44. The zero-order chi connectivity index (χ0) is 12.8. The molecule has 0 aromatic rings. The normalized spacial score (nSPS) is 18.1. The van der Waals surface area contributed by atoms with Gasteiger partial charge in [-0.3, -0.25) is 9.13 Å². The van der Waals surface area contributed by atoms with Gasteiger partial charge >= 0.3 is 7.60 Å². The molecule has 5 nitrogen and oxygen atoms in total. The van der Waals surface area contributed by atoms with E-state index in [-0.39, 0.29) is 13.2 Å². The van der Waals surface area contributed by atoms with Gasteiger partial charge < -0.3 is 13.6 Å². The third kappa shape index (κ3) is 4.31. The molecule has 0 aromatic heterocycles. The van der Waals surface area contributed by atoms with Crippen LogP contribution in [0.25, 0.3) is 0 Å². The van der Waals surface area contributed by atoms with Gasteiger partial charge in [-0.05, 0) is 27.7 Å². The van der Waals surface area contributed by atoms with E-state index in [0.717, 1.165) is 0 Å². The fraction of sp³-hybridized carbons (Fsp3) is 1.00. The molecule has 0 amide bonds. The van der Waals surface area contributed by atoms with E-state index in [1.807, 2.05) is 0 Å². The molecular weight excluding hydrogens is 250 g/mol. The van der Waals surface area contributed by atoms with Crippen molar-refractivity contribution >= 4 is 15.0 Å². The fourth-order valence-electron chi connectivity index (χ4n) is 1.23. The van der Waals surface area contributed by atoms with E-state index >= 15 is 0 Å². The summed E-state index contributed by atoms with van der Waals surface area (Å²) in [5.74, 6) is 0. The van der Waals surface area contributed by atoms with Gasteiger partial charge in [0.2, 0.25) is 7.37 Å². The minimum atomic E-state index is -3.35. The van der Waals surface area contributed by atoms with Crippen LogP contribution >= 0.6 is 15.0 Å². The van der Waals surface area contributed by atoms with Crippen molar-refractivity contribution in [3.8, 4) is 0 Å². The van der Waals surface area contributed by atoms with Crippen LogP contribution in [0.3, 0.4) is 0 Å². The number of hydrogen-bond acceptors (Lipinski definition) is 5. The van der Waals surface area contributed by atoms with E-state index in [1.54, 1.807) is 27.7 Å². The summed E-state index contributed by atoms with van der Waals surface area (Å²) in [4.78, 5) is 0. The van der Waals surface area contributed by atoms with Crippen LogP contribution in [0.4, 0.5) is 0 Å². The Bertz CT molecular complexity index is 282. The lowest BCUT2D eigenvalue weighted by Crippen LogP contribution is -2.11. The average Bonchev–Trinajstić information content (AvgIpc) is 2.17. The van der Waals surface area contributed by atoms with Gasteiger partial charge in [-0.25, -0.2) is 0 Å². The Kier molecular flexibility index (Phi) is 7.07. The molecule has 0 aliphatic carbocycles. The Morgan fingerprint density at radius 2 is 1.31 bits per heavy atom. The minimum Gasteiger partial charge on any atom is -0.328 e. The Labute approximate surface area is 97.8 Å². The molecule has 2 atom stereocenters. The van der Waals surface area contributed by atoms with Crippen molar-refractivity contribution in [2.75, 3.05) is 26.5 Å². The molecule has 7 heteroatoms. The standard InChI is InChI=1S/C9H22O5P2/c1-6-12-15(5,10)9(4)16(11,13-7-2)14-8-3/h9H,6-8H2,1-5H3. The fourth-order valence-corrected chi connectivity index (χ4v) is 5.84. The highest BCUT2D eigenvalue weighted by molar-refractivity contribution is 7.74. The van der Waals surface area contributed by atoms with Gasteiger partial charge in [0, 0.05) is 6.66 Å². The van der Waals surface area contributed by atoms with Crippen LogP contribution < -0.4 is 0 Å². The van der Waals surface area contributed by atoms with E-state index in [2.05, 4.69) is 0 Å². The third-order valence-corrected chi connectivity index (χ3v) is 8.53. The Hall–Kier alpha value is 0.340. The van der Waals surface area contributed by atoms with Gasteiger partial charge in [0.1, 0.15) is 5.40 Å². The van der Waals surface area contributed by atoms with Gasteiger partial charge in [0.15, 0.2) is 0 Å². The molecule has 16 heavy (non-hydrogen) atoms. The average molecular weight is 272 g/mol. The van der Waals surface area contributed by atoms with Crippen molar-refractivity contribution in [2.45, 2.75) is 33.1 Å². The van der Waals surface area contributed by atoms with E-state index in [4.69, 9.17) is 13.6 Å². The molecule has 98 valence electrons. The number of rotatable bonds is 8. The SMILES string of the molecule is CCOP(C)(=O)C(C)P(=O)(OCC)OCC. The monoisotopic (exact) mass is 272 g/mol. The maximum atomic E-state index is 12.3. The molecule has 0 spiro atoms. The van der Waals surface area contributed by atoms with Crippen molar-refractivity contribution in [3.63, 3.8) is 0 Å². The van der Waals surface area contributed by atoms with Crippen LogP contribution in [0.2, 0.25) is 0 Å². The lowest BCUT2D eigenvalue weighted by atomic mass is 10.9. The Morgan fingerprint density at radius 1 is 0.938 bits per heavy atom. The lowest BCUT2D eigenvalue weighted by molar-refractivity contribution is 0.216. The van der Waals surface area contributed by atoms with E-state index < -0.39 is 20.4 Å². The van der Waals surface area contributed by atoms with Gasteiger partial charge in [0.05, 0.1) is 19.8 Å². The highest BCUT2D eigenvalue weighted by Crippen LogP contribution is 2.67. The maximum absolute atomic E-state index is 12.3. The van der Waals surface area contributed by atoms with Crippen LogP contribution in [-0.2, 0) is 22.7 Å². The second kappa shape index (κ2) is 6.93. The van der Waals surface area contributed by atoms with Crippen molar-refractivity contribution < 1.29 is 22.7 Å². The molecule has 0 aliphatic heterocycles. The van der Waals surface area contributed by atoms with Gasteiger partial charge in [-0.1, -0.05) is 0 Å². The first-order valence-corrected chi connectivity index (χ1v) is 9.19. The quantitative estimate of drug-likeness (QED) is 0.632. The third-order valence-electron chi connectivity index (χ3n) is 2.14. The molecule has 0 saturated heterocycles. The van der Waals surface area contributed by atoms with Crippen LogP contribution in [0.1, 0.15) is 27.7 Å². The predicted molar refractivity (Wildman–Crippen MR) is 65.5 cm³/mol. The summed E-state index contributed by atoms with van der Waals surface area (Å²) in [6, 6.07) is 0. The van der Waals surface area contributed by atoms with Crippen molar-refractivity contribution in [1.82, 2.24) is 0 Å². The summed E-state index contributed by atoms with van der Waals surface area (Å²) in [5, 5.41) is -0.736. The first-order chi connectivity index (χ1) is 7.34. The second-order valence-electron chi connectivity index (χ2n) is 3.33. The van der Waals surface area contributed by atoms with E-state index in [1.165, 1.54) is 6.66 Å². The van der Waals surface area contributed by atoms with Crippen LogP contribution in [0.15, 0.2) is 0 Å². The van der Waals surface area contributed by atoms with Crippen molar-refractivity contribution in [2.24, 2.45) is 0 Å². The topological polar surface area (TPSA) is 61.8 Å². The molecule has 0 heterocycles. The first kappa shape index (κ1) is 16.3. The van der Waals surface area contributed by atoms with Gasteiger partial charge in [0.25, 0.3) is 0 Å². The summed E-state index contributed by atoms with van der Waals surface area (Å²) in [7, 11) is -6.33. The Morgan fingerprint density at radius 3 is 1.62 bits per heavy atom. The largest absolute Gasteiger partial charge is 0.343 e. The smallest absolute Gasteiger partial charge is 0.328 e. The maximum Gasteiger partial charge on any atom is 0.343 e. The molecule has 0 radical (unpaired) electrons. The molecule has 0 saturated carbocycles. The molecule has 2 unspecified atom stereocenters. The van der Waals surface area contributed by atoms with Crippen LogP contribution in [-0.4, -0.2) is 31.9 Å². The summed E-state index contributed by atoms with van der Waals surface area (Å²) in [5.41, 5.74) is 0. The van der Waals surface area contributed by atoms with Gasteiger partial charge in [-0.2, -0.15) is 0 Å². The molecule has 0 rings (SSSR count). The summed E-state index contributed by atoms with van der Waals surface area (Å²) in [6.45, 7) is 9.07. The zero-order valence-electron chi connectivity index (χ0n) is 10.6. The second-order valence-corrected chi connectivity index (χ2v) is 8.96. The highest BCUT2D eigenvalue weighted by atomic mass is 31.2. The zero-order valence-corrected chi connectivity index (χ0v) is 12.4. The van der Waals surface area contributed by atoms with Crippen molar-refractivity contribution in [1.29, 1.82) is 0 Å². The number of hydrogen-bond donors (Lipinski definition) is 0. The highest BCUT2D eigenvalue weighted by Gasteiger charge is 2.43. The molecule has 0 fully saturated rings. The molecule has 0 aliphatic rings. The lowest BCUT2D eigenvalue weighted by Gasteiger charge is -2.27. The van der Waals surface area contributed by atoms with Crippen molar-refractivity contribution in [3.05, 3.63) is 0 Å². The van der Waals surface area contributed by atoms with Gasteiger partial charge in [-0.15, -0.1) is 0 Å². The van der Waals surface area contributed by atoms with Crippen LogP contribution in [0, 0.1) is 0 Å². The summed E-state index contributed by atoms with van der Waals surface area (Å²) < 4.78 is 39.9. The molecule has 0 aromatic carbocycles. The van der Waals surface area contributed by atoms with E-state index in [9.17, 15) is 9.13 Å². The predicted octanol–water partition coefficient (Wildman–Crippen LogP) is 3.54. The summed E-state index contributed by atoms with van der Waals surface area (Å²) >= 11 is 0. The molecule has 0 bridgehead atoms. The minimum absolute atomic E-state index is 0.258.